The predicted molar refractivity (Wildman–Crippen MR) is 77.0 cm³/mol. The average molecular weight is 245 g/mol. The second-order valence-electron chi connectivity index (χ2n) is 4.61. The van der Waals surface area contributed by atoms with Crippen molar-refractivity contribution in [1.29, 1.82) is 0 Å². The van der Waals surface area contributed by atoms with Crippen LogP contribution in [0.3, 0.4) is 0 Å². The van der Waals surface area contributed by atoms with E-state index in [2.05, 4.69) is 57.3 Å². The Kier molecular flexibility index (Phi) is 3.53. The van der Waals surface area contributed by atoms with Gasteiger partial charge in [0.2, 0.25) is 0 Å². The molecule has 1 nitrogen and oxygen atoms in total. The van der Waals surface area contributed by atoms with Gasteiger partial charge in [-0.3, -0.25) is 0 Å². The molecule has 1 N–H and O–H groups in total. The largest absolute Gasteiger partial charge is 0.381 e. The van der Waals surface area contributed by atoms with E-state index in [9.17, 15) is 0 Å². The Morgan fingerprint density at radius 2 is 1.82 bits per heavy atom. The van der Waals surface area contributed by atoms with Gasteiger partial charge in [-0.2, -0.15) is 0 Å². The third-order valence-corrected chi connectivity index (χ3v) is 4.00. The van der Waals surface area contributed by atoms with Gasteiger partial charge in [0, 0.05) is 22.0 Å². The van der Waals surface area contributed by atoms with Gasteiger partial charge >= 0.3 is 0 Å². The number of aryl methyl sites for hydroxylation is 4. The molecule has 2 heteroatoms. The molecule has 1 aromatic heterocycles. The normalized spacial score (nSPS) is 10.6. The van der Waals surface area contributed by atoms with E-state index in [1.54, 1.807) is 0 Å². The zero-order chi connectivity index (χ0) is 12.4. The van der Waals surface area contributed by atoms with Crippen LogP contribution in [0.5, 0.6) is 0 Å². The number of anilines is 1. The van der Waals surface area contributed by atoms with Gasteiger partial charge in [-0.05, 0) is 51.0 Å². The van der Waals surface area contributed by atoms with E-state index in [1.165, 1.54) is 32.1 Å². The summed E-state index contributed by atoms with van der Waals surface area (Å²) < 4.78 is 0. The SMILES string of the molecule is Cc1ccc(NCc2cc(C)sc2C)c(C)c1. The van der Waals surface area contributed by atoms with Crippen molar-refractivity contribution in [1.82, 2.24) is 0 Å². The molecule has 0 saturated carbocycles. The summed E-state index contributed by atoms with van der Waals surface area (Å²) in [6, 6.07) is 8.81. The van der Waals surface area contributed by atoms with Crippen LogP contribution >= 0.6 is 11.3 Å². The van der Waals surface area contributed by atoms with Gasteiger partial charge in [-0.25, -0.2) is 0 Å². The lowest BCUT2D eigenvalue weighted by atomic mass is 10.1. The number of hydrogen-bond acceptors (Lipinski definition) is 2. The molecule has 0 aliphatic carbocycles. The fourth-order valence-electron chi connectivity index (χ4n) is 2.06. The van der Waals surface area contributed by atoms with Crippen molar-refractivity contribution in [2.24, 2.45) is 0 Å². The summed E-state index contributed by atoms with van der Waals surface area (Å²) in [6.07, 6.45) is 0. The van der Waals surface area contributed by atoms with E-state index in [0.717, 1.165) is 6.54 Å². The van der Waals surface area contributed by atoms with E-state index in [0.29, 0.717) is 0 Å². The van der Waals surface area contributed by atoms with Crippen LogP contribution in [-0.2, 0) is 6.54 Å². The van der Waals surface area contributed by atoms with Crippen molar-refractivity contribution >= 4 is 17.0 Å². The highest BCUT2D eigenvalue weighted by atomic mass is 32.1. The molecule has 1 aromatic carbocycles. The number of rotatable bonds is 3. The van der Waals surface area contributed by atoms with Gasteiger partial charge in [0.15, 0.2) is 0 Å². The molecule has 0 atom stereocenters. The quantitative estimate of drug-likeness (QED) is 0.833. The standard InChI is InChI=1S/C15H19NS/c1-10-5-6-15(11(2)7-10)16-9-14-8-12(3)17-13(14)4/h5-8,16H,9H2,1-4H3. The monoisotopic (exact) mass is 245 g/mol. The van der Waals surface area contributed by atoms with Gasteiger partial charge in [-0.15, -0.1) is 11.3 Å². The molecule has 2 aromatic rings. The first-order chi connectivity index (χ1) is 8.06. The summed E-state index contributed by atoms with van der Waals surface area (Å²) in [5.74, 6) is 0. The molecule has 0 radical (unpaired) electrons. The molecular weight excluding hydrogens is 226 g/mol. The van der Waals surface area contributed by atoms with Gasteiger partial charge in [-0.1, -0.05) is 17.7 Å². The van der Waals surface area contributed by atoms with Gasteiger partial charge in [0.1, 0.15) is 0 Å². The number of hydrogen-bond donors (Lipinski definition) is 1. The highest BCUT2D eigenvalue weighted by Gasteiger charge is 2.03. The topological polar surface area (TPSA) is 12.0 Å². The maximum absolute atomic E-state index is 3.52. The molecular formula is C15H19NS. The Morgan fingerprint density at radius 1 is 1.06 bits per heavy atom. The van der Waals surface area contributed by atoms with E-state index in [1.807, 2.05) is 11.3 Å². The summed E-state index contributed by atoms with van der Waals surface area (Å²) >= 11 is 1.87. The van der Waals surface area contributed by atoms with Gasteiger partial charge < -0.3 is 5.32 Å². The lowest BCUT2D eigenvalue weighted by molar-refractivity contribution is 1.13. The molecule has 0 spiro atoms. The van der Waals surface area contributed by atoms with E-state index >= 15 is 0 Å². The number of nitrogens with one attached hydrogen (secondary N) is 1. The highest BCUT2D eigenvalue weighted by molar-refractivity contribution is 7.12. The zero-order valence-corrected chi connectivity index (χ0v) is 11.7. The fraction of sp³-hybridized carbons (Fsp3) is 0.333. The molecule has 0 amide bonds. The lowest BCUT2D eigenvalue weighted by Crippen LogP contribution is -2.01. The fourth-order valence-corrected chi connectivity index (χ4v) is 3.01. The molecule has 0 bridgehead atoms. The second-order valence-corrected chi connectivity index (χ2v) is 6.07. The van der Waals surface area contributed by atoms with Crippen LogP contribution in [0.25, 0.3) is 0 Å². The smallest absolute Gasteiger partial charge is 0.0411 e. The third-order valence-electron chi connectivity index (χ3n) is 2.99. The van der Waals surface area contributed by atoms with Crippen LogP contribution in [-0.4, -0.2) is 0 Å². The number of benzene rings is 1. The van der Waals surface area contributed by atoms with E-state index in [4.69, 9.17) is 0 Å². The highest BCUT2D eigenvalue weighted by Crippen LogP contribution is 2.23. The molecule has 0 unspecified atom stereocenters. The molecule has 0 fully saturated rings. The van der Waals surface area contributed by atoms with Crippen LogP contribution in [0, 0.1) is 27.7 Å². The minimum Gasteiger partial charge on any atom is -0.381 e. The Labute approximate surface area is 108 Å². The first-order valence-electron chi connectivity index (χ1n) is 5.93. The van der Waals surface area contributed by atoms with E-state index < -0.39 is 0 Å². The molecule has 2 rings (SSSR count). The molecule has 0 saturated heterocycles. The Morgan fingerprint density at radius 3 is 2.41 bits per heavy atom. The maximum Gasteiger partial charge on any atom is 0.0411 e. The van der Waals surface area contributed by atoms with E-state index in [-0.39, 0.29) is 0 Å². The average Bonchev–Trinajstić information content (AvgIpc) is 2.56. The van der Waals surface area contributed by atoms with Crippen molar-refractivity contribution in [3.8, 4) is 0 Å². The molecule has 0 aliphatic heterocycles. The summed E-state index contributed by atoms with van der Waals surface area (Å²) in [6.45, 7) is 9.55. The minimum atomic E-state index is 0.917. The Hall–Kier alpha value is -1.28. The van der Waals surface area contributed by atoms with Crippen LogP contribution in [0.1, 0.15) is 26.4 Å². The zero-order valence-electron chi connectivity index (χ0n) is 10.9. The third kappa shape index (κ3) is 2.89. The molecule has 17 heavy (non-hydrogen) atoms. The van der Waals surface area contributed by atoms with Crippen molar-refractivity contribution in [3.05, 3.63) is 50.7 Å². The van der Waals surface area contributed by atoms with Crippen LogP contribution < -0.4 is 5.32 Å². The first-order valence-corrected chi connectivity index (χ1v) is 6.75. The van der Waals surface area contributed by atoms with Crippen molar-refractivity contribution in [2.45, 2.75) is 34.2 Å². The van der Waals surface area contributed by atoms with Crippen molar-refractivity contribution < 1.29 is 0 Å². The Bertz CT molecular complexity index is 526. The second kappa shape index (κ2) is 4.92. The van der Waals surface area contributed by atoms with Crippen LogP contribution in [0.4, 0.5) is 5.69 Å². The molecule has 90 valence electrons. The minimum absolute atomic E-state index is 0.917. The van der Waals surface area contributed by atoms with Crippen LogP contribution in [0.2, 0.25) is 0 Å². The van der Waals surface area contributed by atoms with Crippen molar-refractivity contribution in [3.63, 3.8) is 0 Å². The first kappa shape index (κ1) is 12.2. The van der Waals surface area contributed by atoms with Gasteiger partial charge in [0.25, 0.3) is 0 Å². The summed E-state index contributed by atoms with van der Waals surface area (Å²) in [7, 11) is 0. The summed E-state index contributed by atoms with van der Waals surface area (Å²) in [5.41, 5.74) is 5.27. The molecule has 1 heterocycles. The summed E-state index contributed by atoms with van der Waals surface area (Å²) in [4.78, 5) is 2.81. The summed E-state index contributed by atoms with van der Waals surface area (Å²) in [5, 5.41) is 3.52. The van der Waals surface area contributed by atoms with Gasteiger partial charge in [0.05, 0.1) is 0 Å². The van der Waals surface area contributed by atoms with Crippen molar-refractivity contribution in [2.75, 3.05) is 5.32 Å². The Balaban J connectivity index is 2.10. The number of thiophene rings is 1. The maximum atomic E-state index is 3.52. The molecule has 0 aliphatic rings. The lowest BCUT2D eigenvalue weighted by Gasteiger charge is -2.10. The predicted octanol–water partition coefficient (Wildman–Crippen LogP) is 4.59. The van der Waals surface area contributed by atoms with Crippen LogP contribution in [0.15, 0.2) is 24.3 Å².